The molecule has 0 atom stereocenters. The summed E-state index contributed by atoms with van der Waals surface area (Å²) in [5, 5.41) is 14.3. The van der Waals surface area contributed by atoms with E-state index in [4.69, 9.17) is 6.57 Å². The molecule has 0 bridgehead atoms. The van der Waals surface area contributed by atoms with Gasteiger partial charge < -0.3 is 9.64 Å². The van der Waals surface area contributed by atoms with Crippen LogP contribution in [0.5, 0.6) is 0 Å². The first-order valence-corrected chi connectivity index (χ1v) is 9.16. The van der Waals surface area contributed by atoms with Gasteiger partial charge in [0.2, 0.25) is 5.69 Å². The Bertz CT molecular complexity index is 923. The number of hydrogen-bond donors (Lipinski definition) is 0. The van der Waals surface area contributed by atoms with Crippen LogP contribution < -0.4 is 4.90 Å². The number of hydrogen-bond acceptors (Lipinski definition) is 7. The van der Waals surface area contributed by atoms with Crippen LogP contribution in [0.4, 0.5) is 11.5 Å². The number of ether oxygens (including phenoxy) is 1. The smallest absolute Gasteiger partial charge is 0.327 e. The fourth-order valence-electron chi connectivity index (χ4n) is 2.50. The summed E-state index contributed by atoms with van der Waals surface area (Å²) >= 11 is 1.41. The highest BCUT2D eigenvalue weighted by Crippen LogP contribution is 2.38. The highest BCUT2D eigenvalue weighted by molar-refractivity contribution is 7.98. The fourth-order valence-corrected chi connectivity index (χ4v) is 3.41. The normalized spacial score (nSPS) is 10.1. The molecule has 9 heteroatoms. The number of nitrogens with zero attached hydrogens (tertiary/aromatic N) is 6. The molecule has 0 aliphatic rings. The molecule has 0 aromatic carbocycles. The van der Waals surface area contributed by atoms with Crippen molar-refractivity contribution in [2.75, 3.05) is 26.1 Å². The number of pyridine rings is 1. The molecule has 2 aromatic heterocycles. The van der Waals surface area contributed by atoms with Gasteiger partial charge in [-0.3, -0.25) is 9.48 Å². The Hall–Kier alpha value is -3.04. The summed E-state index contributed by atoms with van der Waals surface area (Å²) in [4.78, 5) is 21.3. The van der Waals surface area contributed by atoms with E-state index in [-0.39, 0.29) is 12.5 Å². The van der Waals surface area contributed by atoms with Crippen LogP contribution in [0.3, 0.4) is 0 Å². The molecule has 0 radical (unpaired) electrons. The van der Waals surface area contributed by atoms with Crippen LogP contribution in [0.15, 0.2) is 17.4 Å². The molecule has 0 amide bonds. The number of nitriles is 1. The Morgan fingerprint density at radius 3 is 2.81 bits per heavy atom. The maximum absolute atomic E-state index is 11.3. The molecule has 0 aliphatic heterocycles. The van der Waals surface area contributed by atoms with Crippen LogP contribution in [0.2, 0.25) is 0 Å². The number of thioether (sulfide) groups is 1. The molecule has 27 heavy (non-hydrogen) atoms. The zero-order valence-electron chi connectivity index (χ0n) is 15.7. The summed E-state index contributed by atoms with van der Waals surface area (Å²) in [6.07, 6.45) is 4.01. The molecule has 0 N–H and O–H groups in total. The third-order valence-electron chi connectivity index (χ3n) is 3.80. The van der Waals surface area contributed by atoms with Gasteiger partial charge in [-0.1, -0.05) is 6.92 Å². The first kappa shape index (κ1) is 20.3. The highest BCUT2D eigenvalue weighted by Gasteiger charge is 2.20. The van der Waals surface area contributed by atoms with Gasteiger partial charge >= 0.3 is 5.97 Å². The number of rotatable bonds is 7. The molecule has 2 heterocycles. The molecule has 0 saturated heterocycles. The summed E-state index contributed by atoms with van der Waals surface area (Å²) in [6.45, 7) is 9.44. The number of carbonyl (C=O) groups excluding carboxylic acids is 1. The second kappa shape index (κ2) is 9.06. The van der Waals surface area contributed by atoms with E-state index in [1.165, 1.54) is 23.6 Å². The number of esters is 1. The van der Waals surface area contributed by atoms with Crippen molar-refractivity contribution < 1.29 is 9.53 Å². The zero-order chi connectivity index (χ0) is 20.0. The highest BCUT2D eigenvalue weighted by atomic mass is 32.2. The second-order valence-electron chi connectivity index (χ2n) is 5.83. The van der Waals surface area contributed by atoms with Crippen molar-refractivity contribution in [2.24, 2.45) is 0 Å². The number of methoxy groups -OCH3 is 1. The monoisotopic (exact) mass is 384 g/mol. The average molecular weight is 384 g/mol. The lowest BCUT2D eigenvalue weighted by atomic mass is 10.1. The van der Waals surface area contributed by atoms with Crippen molar-refractivity contribution in [1.82, 2.24) is 14.8 Å². The van der Waals surface area contributed by atoms with Crippen molar-refractivity contribution >= 4 is 29.2 Å². The third-order valence-corrected chi connectivity index (χ3v) is 4.85. The van der Waals surface area contributed by atoms with Crippen LogP contribution in [0.1, 0.15) is 23.6 Å². The Kier molecular flexibility index (Phi) is 6.80. The van der Waals surface area contributed by atoms with Crippen LogP contribution in [0, 0.1) is 17.9 Å². The van der Waals surface area contributed by atoms with Gasteiger partial charge in [-0.05, 0) is 12.0 Å². The number of aromatic nitrogens is 3. The van der Waals surface area contributed by atoms with Gasteiger partial charge in [0.25, 0.3) is 0 Å². The molecule has 0 fully saturated rings. The number of anilines is 1. The van der Waals surface area contributed by atoms with Gasteiger partial charge in [-0.25, -0.2) is 9.83 Å². The SMILES string of the molecule is [C-]#[N+]c1c(N(C)C)nc(SCc2cnn(CC(=O)OC)c2)c(C#N)c1CC. The van der Waals surface area contributed by atoms with E-state index in [0.29, 0.717) is 34.3 Å². The lowest BCUT2D eigenvalue weighted by Gasteiger charge is -2.18. The standard InChI is InChI=1S/C18H20N6O2S/c1-6-13-14(7-19)18(22-17(23(3)4)16(13)20-2)27-11-12-8-21-24(9-12)10-15(25)26-5/h8-9H,6,10-11H2,1,3-5H3. The summed E-state index contributed by atoms with van der Waals surface area (Å²) in [5.74, 6) is 0.726. The minimum absolute atomic E-state index is 0.0489. The molecule has 140 valence electrons. The van der Waals surface area contributed by atoms with Crippen molar-refractivity contribution in [3.8, 4) is 6.07 Å². The van der Waals surface area contributed by atoms with Crippen molar-refractivity contribution in [3.63, 3.8) is 0 Å². The molecule has 2 rings (SSSR count). The minimum Gasteiger partial charge on any atom is -0.468 e. The van der Waals surface area contributed by atoms with E-state index in [0.717, 1.165) is 11.1 Å². The third kappa shape index (κ3) is 4.57. The maximum Gasteiger partial charge on any atom is 0.327 e. The van der Waals surface area contributed by atoms with E-state index in [1.807, 2.05) is 21.0 Å². The summed E-state index contributed by atoms with van der Waals surface area (Å²) in [6, 6.07) is 2.20. The van der Waals surface area contributed by atoms with Crippen molar-refractivity contribution in [3.05, 3.63) is 40.5 Å². The van der Waals surface area contributed by atoms with Gasteiger partial charge in [0.05, 0.1) is 25.4 Å². The van der Waals surface area contributed by atoms with Gasteiger partial charge in [0.15, 0.2) is 0 Å². The lowest BCUT2D eigenvalue weighted by molar-refractivity contribution is -0.141. The molecular weight excluding hydrogens is 364 g/mol. The van der Waals surface area contributed by atoms with E-state index in [2.05, 4.69) is 25.7 Å². The maximum atomic E-state index is 11.3. The first-order valence-electron chi connectivity index (χ1n) is 8.17. The summed E-state index contributed by atoms with van der Waals surface area (Å²) in [5.41, 5.74) is 2.48. The molecule has 0 aliphatic carbocycles. The molecule has 8 nitrogen and oxygen atoms in total. The number of carbonyl (C=O) groups is 1. The van der Waals surface area contributed by atoms with Gasteiger partial charge in [-0.15, -0.1) is 11.8 Å². The van der Waals surface area contributed by atoms with Crippen LogP contribution in [0.25, 0.3) is 4.85 Å². The Labute approximate surface area is 162 Å². The van der Waals surface area contributed by atoms with Crippen LogP contribution >= 0.6 is 11.8 Å². The van der Waals surface area contributed by atoms with Crippen LogP contribution in [-0.2, 0) is 28.2 Å². The molecule has 0 spiro atoms. The molecule has 0 unspecified atom stereocenters. The fraction of sp³-hybridized carbons (Fsp3) is 0.389. The summed E-state index contributed by atoms with van der Waals surface area (Å²) < 4.78 is 6.13. The minimum atomic E-state index is -0.372. The van der Waals surface area contributed by atoms with E-state index >= 15 is 0 Å². The molecule has 0 saturated carbocycles. The van der Waals surface area contributed by atoms with Gasteiger partial charge in [-0.2, -0.15) is 10.4 Å². The van der Waals surface area contributed by atoms with Crippen LogP contribution in [-0.4, -0.2) is 41.9 Å². The topological polar surface area (TPSA) is 88.4 Å². The largest absolute Gasteiger partial charge is 0.468 e. The van der Waals surface area contributed by atoms with E-state index in [1.54, 1.807) is 17.3 Å². The van der Waals surface area contributed by atoms with Gasteiger partial charge in [0.1, 0.15) is 23.5 Å². The van der Waals surface area contributed by atoms with Crippen molar-refractivity contribution in [1.29, 1.82) is 5.26 Å². The quantitative estimate of drug-likeness (QED) is 0.412. The van der Waals surface area contributed by atoms with E-state index in [9.17, 15) is 10.1 Å². The first-order chi connectivity index (χ1) is 12.9. The lowest BCUT2D eigenvalue weighted by Crippen LogP contribution is -2.13. The van der Waals surface area contributed by atoms with E-state index < -0.39 is 0 Å². The predicted octanol–water partition coefficient (Wildman–Crippen LogP) is 2.79. The average Bonchev–Trinajstić information content (AvgIpc) is 3.11. The Morgan fingerprint density at radius 2 is 2.26 bits per heavy atom. The molecular formula is C18H20N6O2S. The zero-order valence-corrected chi connectivity index (χ0v) is 16.5. The molecule has 2 aromatic rings. The second-order valence-corrected chi connectivity index (χ2v) is 6.79. The Balaban J connectivity index is 2.31. The Morgan fingerprint density at radius 1 is 1.52 bits per heavy atom. The van der Waals surface area contributed by atoms with Gasteiger partial charge in [0, 0.05) is 31.6 Å². The van der Waals surface area contributed by atoms with Crippen molar-refractivity contribution in [2.45, 2.75) is 30.7 Å². The summed E-state index contributed by atoms with van der Waals surface area (Å²) in [7, 11) is 4.99. The predicted molar refractivity (Wildman–Crippen MR) is 103 cm³/mol.